The first-order valence-corrected chi connectivity index (χ1v) is 22.1. The largest absolute Gasteiger partial charge is 0.147 e. The van der Waals surface area contributed by atoms with Crippen molar-refractivity contribution in [2.24, 2.45) is 0 Å². The Morgan fingerprint density at radius 3 is 2.06 bits per heavy atom. The second kappa shape index (κ2) is 11.5. The molecule has 5 rings (SSSR count). The Balaban J connectivity index is 0.00000153. The second-order valence-corrected chi connectivity index (χ2v) is 28.1. The van der Waals surface area contributed by atoms with Gasteiger partial charge in [-0.15, -0.1) is 24.8 Å². The summed E-state index contributed by atoms with van der Waals surface area (Å²) >= 11 is -2.61. The van der Waals surface area contributed by atoms with E-state index in [2.05, 4.69) is 117 Å². The van der Waals surface area contributed by atoms with Crippen molar-refractivity contribution in [3.05, 3.63) is 119 Å². The van der Waals surface area contributed by atoms with Crippen molar-refractivity contribution < 1.29 is 18.9 Å². The molecule has 0 heterocycles. The van der Waals surface area contributed by atoms with Crippen LogP contribution in [0, 0.1) is 0 Å². The van der Waals surface area contributed by atoms with Gasteiger partial charge in [0, 0.05) is 0 Å². The summed E-state index contributed by atoms with van der Waals surface area (Å²) in [6.45, 7) is 5.06. The molecule has 0 aromatic heterocycles. The van der Waals surface area contributed by atoms with E-state index in [9.17, 15) is 0 Å². The van der Waals surface area contributed by atoms with Gasteiger partial charge in [0.25, 0.3) is 0 Å². The van der Waals surface area contributed by atoms with Gasteiger partial charge in [-0.3, -0.25) is 0 Å². The molecule has 0 aliphatic heterocycles. The molecule has 4 unspecified atom stereocenters. The van der Waals surface area contributed by atoms with Gasteiger partial charge >= 0.3 is 194 Å². The van der Waals surface area contributed by atoms with Gasteiger partial charge in [-0.25, -0.2) is 0 Å². The maximum atomic E-state index is 2.59. The Hall–Kier alpha value is -1.18. The molecule has 2 aliphatic carbocycles. The molecule has 0 bridgehead atoms. The zero-order valence-corrected chi connectivity index (χ0v) is 24.7. The Kier molecular flexibility index (Phi) is 9.21. The minimum atomic E-state index is -2.61. The summed E-state index contributed by atoms with van der Waals surface area (Å²) in [5, 5.41) is 0. The van der Waals surface area contributed by atoms with Crippen LogP contribution in [0.1, 0.15) is 57.1 Å². The van der Waals surface area contributed by atoms with Crippen LogP contribution in [0.25, 0.3) is 12.2 Å². The van der Waals surface area contributed by atoms with E-state index in [1.807, 2.05) is 0 Å². The van der Waals surface area contributed by atoms with Crippen LogP contribution in [0.2, 0.25) is 3.63 Å². The molecule has 0 saturated heterocycles. The molecule has 4 heteroatoms. The van der Waals surface area contributed by atoms with Gasteiger partial charge in [-0.1, -0.05) is 0 Å². The number of benzene rings is 3. The van der Waals surface area contributed by atoms with Crippen molar-refractivity contribution in [3.8, 4) is 0 Å². The van der Waals surface area contributed by atoms with E-state index in [0.29, 0.717) is 9.54 Å². The third-order valence-electron chi connectivity index (χ3n) is 7.59. The maximum absolute atomic E-state index is 2.61. The van der Waals surface area contributed by atoms with E-state index in [0.717, 1.165) is 3.63 Å². The van der Waals surface area contributed by atoms with Crippen molar-refractivity contribution >= 4 is 43.8 Å². The van der Waals surface area contributed by atoms with Gasteiger partial charge in [0.05, 0.1) is 0 Å². The fourth-order valence-electron chi connectivity index (χ4n) is 5.61. The number of hydrogen-bond donors (Lipinski definition) is 0. The molecule has 0 N–H and O–H groups in total. The monoisotopic (exact) mass is 569 g/mol. The predicted molar refractivity (Wildman–Crippen MR) is 148 cm³/mol. The summed E-state index contributed by atoms with van der Waals surface area (Å²) in [4.78, 5) is 0. The minimum Gasteiger partial charge on any atom is -0.147 e. The third kappa shape index (κ3) is 5.40. The summed E-state index contributed by atoms with van der Waals surface area (Å²) in [6.07, 6.45) is 12.3. The van der Waals surface area contributed by atoms with Crippen molar-refractivity contribution in [2.75, 3.05) is 0 Å². The molecule has 0 radical (unpaired) electrons. The molecule has 3 aromatic carbocycles. The summed E-state index contributed by atoms with van der Waals surface area (Å²) < 4.78 is 2.84. The fourth-order valence-corrected chi connectivity index (χ4v) is 21.2. The Morgan fingerprint density at radius 2 is 1.33 bits per heavy atom. The van der Waals surface area contributed by atoms with Crippen molar-refractivity contribution in [3.63, 3.8) is 0 Å². The zero-order chi connectivity index (χ0) is 21.3. The molecule has 0 amide bonds. The van der Waals surface area contributed by atoms with Crippen LogP contribution < -0.4 is 0 Å². The van der Waals surface area contributed by atoms with E-state index in [-0.39, 0.29) is 24.8 Å². The van der Waals surface area contributed by atoms with Gasteiger partial charge in [-0.05, 0) is 0 Å². The van der Waals surface area contributed by atoms with Gasteiger partial charge in [-0.2, -0.15) is 0 Å². The number of rotatable bonds is 7. The molecule has 4 atom stereocenters. The van der Waals surface area contributed by atoms with Crippen LogP contribution in [0.5, 0.6) is 0 Å². The molecule has 0 spiro atoms. The number of allylic oxidation sites excluding steroid dienone is 2. The molecule has 0 fully saturated rings. The van der Waals surface area contributed by atoms with Crippen molar-refractivity contribution in [1.82, 2.24) is 0 Å². The van der Waals surface area contributed by atoms with Crippen LogP contribution in [-0.2, 0) is 23.0 Å². The minimum absolute atomic E-state index is 0. The number of hydrogen-bond acceptors (Lipinski definition) is 0. The molecule has 0 nitrogen and oxygen atoms in total. The average molecular weight is 572 g/mol. The Bertz CT molecular complexity index is 1180. The standard InChI is InChI=1S/C13H15.C9H7.C7H7.2ClH.H2Si.Zr/c1-2-3-6-11-9-10-12-7-4-5-8-13(11)12;1-2-5-9-7-3-6-8(9)4-1;1-7-5-3-2-4-6-7;;;;/h2,4-5,7-11H,3,6H2,1H3;1-7H;2-6H,1H2;2*1H;1H2;. The van der Waals surface area contributed by atoms with Crippen LogP contribution in [0.3, 0.4) is 0 Å². The molecule has 33 heavy (non-hydrogen) atoms. The van der Waals surface area contributed by atoms with Crippen LogP contribution in [0.4, 0.5) is 0 Å². The average Bonchev–Trinajstić information content (AvgIpc) is 3.43. The van der Waals surface area contributed by atoms with Gasteiger partial charge in [0.15, 0.2) is 0 Å². The SMILES string of the molecule is C[CH](CCC1C=Cc2ccccc21)[Zr](=[SiH2])([CH2]c1ccccc1)[CH]1C=Cc2ccccc21.Cl.Cl. The fraction of sp³-hybridized carbons (Fsp3) is 0.241. The predicted octanol–water partition coefficient (Wildman–Crippen LogP) is 7.90. The second-order valence-electron chi connectivity index (χ2n) is 9.43. The van der Waals surface area contributed by atoms with E-state index in [1.54, 1.807) is 11.1 Å². The first-order valence-electron chi connectivity index (χ1n) is 11.6. The first-order chi connectivity index (χ1) is 15.1. The van der Waals surface area contributed by atoms with Gasteiger partial charge in [0.1, 0.15) is 0 Å². The van der Waals surface area contributed by atoms with E-state index in [1.165, 1.54) is 33.7 Å². The molecular weight excluding hydrogens is 539 g/mol. The quantitative estimate of drug-likeness (QED) is 0.253. The van der Waals surface area contributed by atoms with E-state index < -0.39 is 18.9 Å². The van der Waals surface area contributed by atoms with Crippen LogP contribution in [0.15, 0.2) is 91.0 Å². The van der Waals surface area contributed by atoms with Crippen molar-refractivity contribution in [2.45, 2.75) is 37.1 Å². The summed E-state index contributed by atoms with van der Waals surface area (Å²) in [5.74, 6) is 0.598. The van der Waals surface area contributed by atoms with Crippen molar-refractivity contribution in [1.29, 1.82) is 0 Å². The third-order valence-corrected chi connectivity index (χ3v) is 28.2. The summed E-state index contributed by atoms with van der Waals surface area (Å²) in [7, 11) is 0. The zero-order valence-electron chi connectivity index (χ0n) is 19.2. The van der Waals surface area contributed by atoms with Gasteiger partial charge in [0.2, 0.25) is 0 Å². The molecule has 2 aliphatic rings. The smallest absolute Gasteiger partial charge is 0.147 e. The van der Waals surface area contributed by atoms with E-state index in [4.69, 9.17) is 0 Å². The molecule has 0 saturated carbocycles. The van der Waals surface area contributed by atoms with Crippen LogP contribution in [-0.4, -0.2) is 6.88 Å². The summed E-state index contributed by atoms with van der Waals surface area (Å²) in [6, 6.07) is 29.4. The Labute approximate surface area is 217 Å². The first kappa shape index (κ1) is 26.4. The van der Waals surface area contributed by atoms with E-state index >= 15 is 0 Å². The Morgan fingerprint density at radius 1 is 0.758 bits per heavy atom. The number of halogens is 2. The number of fused-ring (bicyclic) bond motifs is 2. The summed E-state index contributed by atoms with van der Waals surface area (Å²) in [5.41, 5.74) is 7.55. The van der Waals surface area contributed by atoms with Crippen LogP contribution >= 0.6 is 24.8 Å². The molecule has 171 valence electrons. The maximum Gasteiger partial charge on any atom is -0.147 e. The molecular formula is C29H33Cl2SiZr. The molecule has 3 aromatic rings. The topological polar surface area (TPSA) is 0 Å². The van der Waals surface area contributed by atoms with Gasteiger partial charge < -0.3 is 0 Å². The normalized spacial score (nSPS) is 20.2.